The van der Waals surface area contributed by atoms with Crippen molar-refractivity contribution in [1.82, 2.24) is 9.78 Å². The zero-order valence-electron chi connectivity index (χ0n) is 11.1. The standard InChI is InChI=1S/C14H18FN3O/c1-18-9-10(8-17-18)3-6-13(16)11-4-5-12(15)14(7-11)19-2/h4-5,7-9,13H,3,6,16H2,1-2H3. The molecule has 1 aromatic heterocycles. The molecule has 5 heteroatoms. The summed E-state index contributed by atoms with van der Waals surface area (Å²) >= 11 is 0. The van der Waals surface area contributed by atoms with Gasteiger partial charge in [0.25, 0.3) is 0 Å². The number of ether oxygens (including phenoxy) is 1. The zero-order chi connectivity index (χ0) is 13.8. The van der Waals surface area contributed by atoms with Gasteiger partial charge in [0.1, 0.15) is 0 Å². The van der Waals surface area contributed by atoms with Gasteiger partial charge in [0, 0.05) is 19.3 Å². The Kier molecular flexibility index (Phi) is 4.16. The first-order valence-corrected chi connectivity index (χ1v) is 6.16. The fraction of sp³-hybridized carbons (Fsp3) is 0.357. The van der Waals surface area contributed by atoms with E-state index in [1.165, 1.54) is 13.2 Å². The molecule has 102 valence electrons. The van der Waals surface area contributed by atoms with E-state index in [1.807, 2.05) is 19.4 Å². The van der Waals surface area contributed by atoms with Crippen LogP contribution in [0.2, 0.25) is 0 Å². The molecule has 0 aliphatic heterocycles. The van der Waals surface area contributed by atoms with Crippen LogP contribution in [-0.4, -0.2) is 16.9 Å². The molecule has 1 heterocycles. The smallest absolute Gasteiger partial charge is 0.165 e. The van der Waals surface area contributed by atoms with E-state index in [1.54, 1.807) is 16.8 Å². The number of halogens is 1. The summed E-state index contributed by atoms with van der Waals surface area (Å²) in [5, 5.41) is 4.11. The van der Waals surface area contributed by atoms with Crippen molar-refractivity contribution in [2.45, 2.75) is 18.9 Å². The van der Waals surface area contributed by atoms with Crippen LogP contribution < -0.4 is 10.5 Å². The third-order valence-electron chi connectivity index (χ3n) is 3.11. The molecule has 0 aliphatic rings. The number of benzene rings is 1. The number of hydrogen-bond donors (Lipinski definition) is 1. The molecule has 0 spiro atoms. The molecule has 2 aromatic rings. The van der Waals surface area contributed by atoms with Crippen molar-refractivity contribution < 1.29 is 9.13 Å². The van der Waals surface area contributed by atoms with Crippen molar-refractivity contribution >= 4 is 0 Å². The lowest BCUT2D eigenvalue weighted by Crippen LogP contribution is -2.11. The number of hydrogen-bond acceptors (Lipinski definition) is 3. The predicted octanol–water partition coefficient (Wildman–Crippen LogP) is 2.20. The van der Waals surface area contributed by atoms with Crippen LogP contribution >= 0.6 is 0 Å². The summed E-state index contributed by atoms with van der Waals surface area (Å²) in [4.78, 5) is 0. The highest BCUT2D eigenvalue weighted by Crippen LogP contribution is 2.23. The minimum absolute atomic E-state index is 0.144. The van der Waals surface area contributed by atoms with E-state index in [-0.39, 0.29) is 17.6 Å². The number of nitrogens with two attached hydrogens (primary N) is 1. The van der Waals surface area contributed by atoms with E-state index in [4.69, 9.17) is 10.5 Å². The van der Waals surface area contributed by atoms with Crippen LogP contribution in [-0.2, 0) is 13.5 Å². The van der Waals surface area contributed by atoms with Gasteiger partial charge in [-0.05, 0) is 36.1 Å². The molecule has 2 N–H and O–H groups in total. The van der Waals surface area contributed by atoms with Gasteiger partial charge in [-0.1, -0.05) is 6.07 Å². The molecule has 0 fully saturated rings. The Morgan fingerprint density at radius 3 is 2.89 bits per heavy atom. The summed E-state index contributed by atoms with van der Waals surface area (Å²) < 4.78 is 20.0. The predicted molar refractivity (Wildman–Crippen MR) is 71.4 cm³/mol. The van der Waals surface area contributed by atoms with Crippen LogP contribution in [0.5, 0.6) is 5.75 Å². The van der Waals surface area contributed by atoms with Crippen LogP contribution in [0, 0.1) is 5.82 Å². The van der Waals surface area contributed by atoms with Crippen molar-refractivity contribution in [3.8, 4) is 5.75 Å². The van der Waals surface area contributed by atoms with Gasteiger partial charge in [-0.3, -0.25) is 4.68 Å². The monoisotopic (exact) mass is 263 g/mol. The average molecular weight is 263 g/mol. The van der Waals surface area contributed by atoms with Gasteiger partial charge in [-0.25, -0.2) is 4.39 Å². The lowest BCUT2D eigenvalue weighted by atomic mass is 10.0. The molecule has 19 heavy (non-hydrogen) atoms. The minimum Gasteiger partial charge on any atom is -0.494 e. The van der Waals surface area contributed by atoms with Crippen molar-refractivity contribution in [3.63, 3.8) is 0 Å². The van der Waals surface area contributed by atoms with E-state index in [0.717, 1.165) is 24.0 Å². The second kappa shape index (κ2) is 5.84. The highest BCUT2D eigenvalue weighted by Gasteiger charge is 2.10. The van der Waals surface area contributed by atoms with E-state index in [0.29, 0.717) is 0 Å². The number of methoxy groups -OCH3 is 1. The maximum atomic E-state index is 13.3. The maximum Gasteiger partial charge on any atom is 0.165 e. The van der Waals surface area contributed by atoms with Crippen molar-refractivity contribution in [1.29, 1.82) is 0 Å². The summed E-state index contributed by atoms with van der Waals surface area (Å²) in [7, 11) is 3.33. The fourth-order valence-corrected chi connectivity index (χ4v) is 2.00. The third-order valence-corrected chi connectivity index (χ3v) is 3.11. The highest BCUT2D eigenvalue weighted by molar-refractivity contribution is 5.32. The molecule has 2 rings (SSSR count). The first-order chi connectivity index (χ1) is 9.10. The SMILES string of the molecule is COc1cc(C(N)CCc2cnn(C)c2)ccc1F. The minimum atomic E-state index is -0.370. The van der Waals surface area contributed by atoms with Crippen LogP contribution in [0.4, 0.5) is 4.39 Å². The summed E-state index contributed by atoms with van der Waals surface area (Å²) in [6.07, 6.45) is 5.42. The van der Waals surface area contributed by atoms with Gasteiger partial charge < -0.3 is 10.5 Å². The van der Waals surface area contributed by atoms with Gasteiger partial charge >= 0.3 is 0 Å². The lowest BCUT2D eigenvalue weighted by Gasteiger charge is -2.13. The van der Waals surface area contributed by atoms with Crippen molar-refractivity contribution in [2.75, 3.05) is 7.11 Å². The molecule has 1 atom stereocenters. The van der Waals surface area contributed by atoms with Gasteiger partial charge in [0.15, 0.2) is 11.6 Å². The topological polar surface area (TPSA) is 53.1 Å². The number of nitrogens with zero attached hydrogens (tertiary/aromatic N) is 2. The lowest BCUT2D eigenvalue weighted by molar-refractivity contribution is 0.385. The summed E-state index contributed by atoms with van der Waals surface area (Å²) in [6.45, 7) is 0. The van der Waals surface area contributed by atoms with Crippen LogP contribution in [0.15, 0.2) is 30.6 Å². The normalized spacial score (nSPS) is 12.4. The molecular formula is C14H18FN3O. The Bertz CT molecular complexity index is 553. The number of rotatable bonds is 5. The second-order valence-electron chi connectivity index (χ2n) is 4.56. The zero-order valence-corrected chi connectivity index (χ0v) is 11.1. The quantitative estimate of drug-likeness (QED) is 0.899. The molecule has 0 bridgehead atoms. The van der Waals surface area contributed by atoms with E-state index in [2.05, 4.69) is 5.10 Å². The average Bonchev–Trinajstić information content (AvgIpc) is 2.82. The third kappa shape index (κ3) is 3.32. The summed E-state index contributed by atoms with van der Waals surface area (Å²) in [6, 6.07) is 4.60. The molecular weight excluding hydrogens is 245 g/mol. The van der Waals surface area contributed by atoms with Crippen LogP contribution in [0.3, 0.4) is 0 Å². The summed E-state index contributed by atoms with van der Waals surface area (Å²) in [5.41, 5.74) is 8.14. The van der Waals surface area contributed by atoms with E-state index in [9.17, 15) is 4.39 Å². The fourth-order valence-electron chi connectivity index (χ4n) is 2.00. The Labute approximate surface area is 112 Å². The molecule has 0 saturated carbocycles. The van der Waals surface area contributed by atoms with E-state index < -0.39 is 0 Å². The van der Waals surface area contributed by atoms with E-state index >= 15 is 0 Å². The van der Waals surface area contributed by atoms with Gasteiger partial charge in [0.05, 0.1) is 13.3 Å². The Morgan fingerprint density at radius 2 is 2.26 bits per heavy atom. The molecule has 0 radical (unpaired) electrons. The van der Waals surface area contributed by atoms with Gasteiger partial charge in [-0.2, -0.15) is 5.10 Å². The molecule has 0 amide bonds. The first-order valence-electron chi connectivity index (χ1n) is 6.16. The molecule has 0 saturated heterocycles. The Hall–Kier alpha value is -1.88. The Morgan fingerprint density at radius 1 is 1.47 bits per heavy atom. The van der Waals surface area contributed by atoms with Crippen LogP contribution in [0.1, 0.15) is 23.6 Å². The highest BCUT2D eigenvalue weighted by atomic mass is 19.1. The van der Waals surface area contributed by atoms with Crippen molar-refractivity contribution in [2.24, 2.45) is 12.8 Å². The van der Waals surface area contributed by atoms with Crippen LogP contribution in [0.25, 0.3) is 0 Å². The number of aryl methyl sites for hydroxylation is 2. The first kappa shape index (κ1) is 13.5. The Balaban J connectivity index is 2.01. The number of aromatic nitrogens is 2. The van der Waals surface area contributed by atoms with Crippen molar-refractivity contribution in [3.05, 3.63) is 47.5 Å². The molecule has 0 aliphatic carbocycles. The molecule has 1 aromatic carbocycles. The summed E-state index contributed by atoms with van der Waals surface area (Å²) in [5.74, 6) is -0.139. The maximum absolute atomic E-state index is 13.3. The second-order valence-corrected chi connectivity index (χ2v) is 4.56. The molecule has 4 nitrogen and oxygen atoms in total. The van der Waals surface area contributed by atoms with Gasteiger partial charge in [0.2, 0.25) is 0 Å². The largest absolute Gasteiger partial charge is 0.494 e. The molecule has 1 unspecified atom stereocenters. The van der Waals surface area contributed by atoms with Gasteiger partial charge in [-0.15, -0.1) is 0 Å².